The predicted molar refractivity (Wildman–Crippen MR) is 140 cm³/mol. The number of rotatable bonds is 10. The molecule has 0 saturated carbocycles. The summed E-state index contributed by atoms with van der Waals surface area (Å²) in [5.41, 5.74) is 1.04. The Morgan fingerprint density at radius 1 is 1.14 bits per heavy atom. The van der Waals surface area contributed by atoms with Gasteiger partial charge in [-0.1, -0.05) is 19.8 Å². The quantitative estimate of drug-likeness (QED) is 0.134. The van der Waals surface area contributed by atoms with Crippen LogP contribution in [0.1, 0.15) is 49.0 Å². The molecule has 2 aromatic heterocycles. The lowest BCUT2D eigenvalue weighted by Crippen LogP contribution is -2.23. The van der Waals surface area contributed by atoms with Crippen LogP contribution in [0.3, 0.4) is 0 Å². The number of nitrogens with one attached hydrogen (secondary N) is 1. The first-order valence-corrected chi connectivity index (χ1v) is 12.2. The number of benzene rings is 2. The number of pyridine rings is 1. The van der Waals surface area contributed by atoms with Crippen LogP contribution in [-0.2, 0) is 11.3 Å². The van der Waals surface area contributed by atoms with Crippen molar-refractivity contribution in [2.24, 2.45) is 0 Å². The summed E-state index contributed by atoms with van der Waals surface area (Å²) >= 11 is 0. The number of halogens is 1. The van der Waals surface area contributed by atoms with Gasteiger partial charge in [0.05, 0.1) is 28.8 Å². The van der Waals surface area contributed by atoms with E-state index in [9.17, 15) is 24.1 Å². The van der Waals surface area contributed by atoms with E-state index in [2.05, 4.69) is 16.8 Å². The zero-order chi connectivity index (χ0) is 26.7. The molecule has 0 aliphatic carbocycles. The van der Waals surface area contributed by atoms with E-state index in [1.165, 1.54) is 10.6 Å². The van der Waals surface area contributed by atoms with Crippen molar-refractivity contribution in [3.05, 3.63) is 80.0 Å². The van der Waals surface area contributed by atoms with Crippen LogP contribution < -0.4 is 5.56 Å². The maximum absolute atomic E-state index is 14.1. The van der Waals surface area contributed by atoms with Gasteiger partial charge in [-0.25, -0.2) is 9.18 Å². The average molecular weight is 509 g/mol. The van der Waals surface area contributed by atoms with E-state index in [-0.39, 0.29) is 23.0 Å². The second kappa shape index (κ2) is 10.9. The highest BCUT2D eigenvalue weighted by atomic mass is 19.1. The third-order valence-corrected chi connectivity index (χ3v) is 6.35. The number of nitrogens with zero attached hydrogens (tertiary/aromatic N) is 3. The van der Waals surface area contributed by atoms with Gasteiger partial charge in [0.25, 0.3) is 11.2 Å². The van der Waals surface area contributed by atoms with Crippen molar-refractivity contribution in [3.8, 4) is 5.69 Å². The molecule has 1 N–H and O–H groups in total. The summed E-state index contributed by atoms with van der Waals surface area (Å²) < 4.78 is 20.7. The Hall–Kier alpha value is -4.05. The third-order valence-electron chi connectivity index (χ3n) is 6.35. The Kier molecular flexibility index (Phi) is 7.68. The zero-order valence-electron chi connectivity index (χ0n) is 21.0. The van der Waals surface area contributed by atoms with Gasteiger partial charge < -0.3 is 14.6 Å². The fourth-order valence-corrected chi connectivity index (χ4v) is 4.57. The number of ether oxygens (including phenoxy) is 1. The number of aromatic amines is 1. The first-order chi connectivity index (χ1) is 17.7. The Balaban J connectivity index is 1.85. The number of nitro benzene ring substituents is 1. The molecule has 0 spiro atoms. The lowest BCUT2D eigenvalue weighted by atomic mass is 10.1. The molecule has 0 fully saturated rings. The first-order valence-electron chi connectivity index (χ1n) is 12.2. The number of nitro groups is 1. The topological polar surface area (TPSA) is 110 Å². The largest absolute Gasteiger partial charge is 0.462 e. The number of carbonyl (C=O) groups is 1. The standard InChI is InChI=1S/C27H29FN4O5/c1-4-6-7-11-30(3)16-18-13-17(27(34)37-5-2)8-9-22(18)31-12-10-20-21-14-19(28)15-23(32(35)36)24(21)29-25(20)26(31)33/h8-10,12-15,29H,4-7,11,16H2,1-3H3. The van der Waals surface area contributed by atoms with Gasteiger partial charge in [0.15, 0.2) is 0 Å². The Bertz CT molecular complexity index is 1540. The van der Waals surface area contributed by atoms with Gasteiger partial charge in [0.2, 0.25) is 0 Å². The van der Waals surface area contributed by atoms with Crippen molar-refractivity contribution in [2.75, 3.05) is 20.2 Å². The molecular weight excluding hydrogens is 479 g/mol. The van der Waals surface area contributed by atoms with Gasteiger partial charge in [-0.3, -0.25) is 19.5 Å². The normalized spacial score (nSPS) is 11.5. The van der Waals surface area contributed by atoms with E-state index in [1.54, 1.807) is 37.4 Å². The summed E-state index contributed by atoms with van der Waals surface area (Å²) in [7, 11) is 1.98. The molecule has 2 aromatic carbocycles. The summed E-state index contributed by atoms with van der Waals surface area (Å²) in [6.07, 6.45) is 4.79. The number of carbonyl (C=O) groups excluding carboxylic acids is 1. The molecule has 0 aliphatic rings. The van der Waals surface area contributed by atoms with Crippen LogP contribution >= 0.6 is 0 Å². The SMILES string of the molecule is CCCCCN(C)Cc1cc(C(=O)OCC)ccc1-n1ccc2c([nH]c3c([N+](=O)[O-])cc(F)cc32)c1=O. The van der Waals surface area contributed by atoms with Crippen LogP contribution in [-0.4, -0.2) is 45.5 Å². The minimum Gasteiger partial charge on any atom is -0.462 e. The van der Waals surface area contributed by atoms with Crippen LogP contribution in [0.25, 0.3) is 27.5 Å². The van der Waals surface area contributed by atoms with Crippen molar-refractivity contribution in [1.29, 1.82) is 0 Å². The minimum absolute atomic E-state index is 0.0878. The van der Waals surface area contributed by atoms with E-state index >= 15 is 0 Å². The maximum atomic E-state index is 14.1. The molecule has 0 atom stereocenters. The van der Waals surface area contributed by atoms with Crippen LogP contribution in [0.4, 0.5) is 10.1 Å². The lowest BCUT2D eigenvalue weighted by Gasteiger charge is -2.20. The van der Waals surface area contributed by atoms with Gasteiger partial charge in [0, 0.05) is 23.5 Å². The van der Waals surface area contributed by atoms with Gasteiger partial charge in [0.1, 0.15) is 16.9 Å². The van der Waals surface area contributed by atoms with Crippen LogP contribution in [0.2, 0.25) is 0 Å². The average Bonchev–Trinajstić information content (AvgIpc) is 3.23. The van der Waals surface area contributed by atoms with E-state index in [0.717, 1.165) is 37.4 Å². The molecule has 0 radical (unpaired) electrons. The Labute approximate surface area is 212 Å². The summed E-state index contributed by atoms with van der Waals surface area (Å²) in [5, 5.41) is 12.1. The molecule has 0 bridgehead atoms. The number of fused-ring (bicyclic) bond motifs is 3. The van der Waals surface area contributed by atoms with Crippen LogP contribution in [0.15, 0.2) is 47.4 Å². The molecule has 194 valence electrons. The fraction of sp³-hybridized carbons (Fsp3) is 0.333. The second-order valence-corrected chi connectivity index (χ2v) is 9.02. The predicted octanol–water partition coefficient (Wildman–Crippen LogP) is 5.32. The smallest absolute Gasteiger partial charge is 0.338 e. The summed E-state index contributed by atoms with van der Waals surface area (Å²) in [6, 6.07) is 8.67. The van der Waals surface area contributed by atoms with Crippen molar-refractivity contribution < 1.29 is 18.8 Å². The van der Waals surface area contributed by atoms with Gasteiger partial charge in [-0.05, 0) is 62.8 Å². The molecule has 0 amide bonds. The molecular formula is C27H29FN4O5. The summed E-state index contributed by atoms with van der Waals surface area (Å²) in [6.45, 7) is 5.45. The van der Waals surface area contributed by atoms with Crippen molar-refractivity contribution in [3.63, 3.8) is 0 Å². The maximum Gasteiger partial charge on any atom is 0.338 e. The molecule has 0 saturated heterocycles. The molecule has 4 rings (SSSR count). The highest BCUT2D eigenvalue weighted by Gasteiger charge is 2.21. The Morgan fingerprint density at radius 3 is 2.62 bits per heavy atom. The van der Waals surface area contributed by atoms with E-state index in [4.69, 9.17) is 4.74 Å². The molecule has 9 nitrogen and oxygen atoms in total. The second-order valence-electron chi connectivity index (χ2n) is 9.02. The number of hydrogen-bond acceptors (Lipinski definition) is 6. The monoisotopic (exact) mass is 508 g/mol. The third kappa shape index (κ3) is 5.24. The van der Waals surface area contributed by atoms with E-state index in [0.29, 0.717) is 23.2 Å². The van der Waals surface area contributed by atoms with Crippen LogP contribution in [0.5, 0.6) is 0 Å². The lowest BCUT2D eigenvalue weighted by molar-refractivity contribution is -0.383. The number of hydrogen-bond donors (Lipinski definition) is 1. The molecule has 10 heteroatoms. The number of esters is 1. The van der Waals surface area contributed by atoms with E-state index in [1.807, 2.05) is 7.05 Å². The highest BCUT2D eigenvalue weighted by Crippen LogP contribution is 2.32. The number of aromatic nitrogens is 2. The summed E-state index contributed by atoms with van der Waals surface area (Å²) in [5.74, 6) is -1.20. The van der Waals surface area contributed by atoms with Gasteiger partial charge in [-0.15, -0.1) is 0 Å². The van der Waals surface area contributed by atoms with Gasteiger partial charge in [-0.2, -0.15) is 0 Å². The van der Waals surface area contributed by atoms with Crippen molar-refractivity contribution in [2.45, 2.75) is 39.7 Å². The fourth-order valence-electron chi connectivity index (χ4n) is 4.57. The van der Waals surface area contributed by atoms with Crippen molar-refractivity contribution >= 4 is 33.5 Å². The number of unbranched alkanes of at least 4 members (excludes halogenated alkanes) is 2. The van der Waals surface area contributed by atoms with Gasteiger partial charge >= 0.3 is 5.97 Å². The number of H-pyrrole nitrogens is 1. The molecule has 0 aliphatic heterocycles. The number of non-ortho nitro benzene ring substituents is 1. The molecule has 2 heterocycles. The zero-order valence-corrected chi connectivity index (χ0v) is 21.0. The Morgan fingerprint density at radius 2 is 1.92 bits per heavy atom. The van der Waals surface area contributed by atoms with E-state index < -0.39 is 28.0 Å². The van der Waals surface area contributed by atoms with Crippen molar-refractivity contribution in [1.82, 2.24) is 14.5 Å². The minimum atomic E-state index is -0.757. The highest BCUT2D eigenvalue weighted by molar-refractivity contribution is 6.09. The molecule has 0 unspecified atom stereocenters. The summed E-state index contributed by atoms with van der Waals surface area (Å²) in [4.78, 5) is 41.8. The molecule has 37 heavy (non-hydrogen) atoms. The first kappa shape index (κ1) is 26.0. The van der Waals surface area contributed by atoms with Crippen LogP contribution in [0, 0.1) is 15.9 Å². The molecule has 4 aromatic rings.